The first-order valence-electron chi connectivity index (χ1n) is 6.93. The van der Waals surface area contributed by atoms with Gasteiger partial charge in [0.2, 0.25) is 0 Å². The molecule has 0 bridgehead atoms. The molecule has 2 aliphatic heterocycles. The molecule has 2 heterocycles. The van der Waals surface area contributed by atoms with E-state index in [4.69, 9.17) is 0 Å². The van der Waals surface area contributed by atoms with Gasteiger partial charge < -0.3 is 5.32 Å². The topological polar surface area (TPSA) is 15.3 Å². The molecule has 3 heteroatoms. The van der Waals surface area contributed by atoms with E-state index in [0.29, 0.717) is 12.1 Å². The lowest BCUT2D eigenvalue weighted by molar-refractivity contribution is 0.174. The van der Waals surface area contributed by atoms with Gasteiger partial charge >= 0.3 is 0 Å². The Balaban J connectivity index is 1.59. The molecule has 3 unspecified atom stereocenters. The van der Waals surface area contributed by atoms with Crippen LogP contribution in [0.3, 0.4) is 0 Å². The first kappa shape index (κ1) is 12.5. The van der Waals surface area contributed by atoms with Crippen molar-refractivity contribution in [3.8, 4) is 0 Å². The summed E-state index contributed by atoms with van der Waals surface area (Å²) in [7, 11) is 0. The van der Waals surface area contributed by atoms with Gasteiger partial charge in [0, 0.05) is 41.9 Å². The van der Waals surface area contributed by atoms with E-state index in [-0.39, 0.29) is 0 Å². The van der Waals surface area contributed by atoms with Gasteiger partial charge in [-0.1, -0.05) is 18.2 Å². The summed E-state index contributed by atoms with van der Waals surface area (Å²) < 4.78 is 0. The molecule has 18 heavy (non-hydrogen) atoms. The van der Waals surface area contributed by atoms with Gasteiger partial charge in [0.05, 0.1) is 0 Å². The summed E-state index contributed by atoms with van der Waals surface area (Å²) >= 11 is 2.07. The number of benzene rings is 1. The average molecular weight is 262 g/mol. The minimum Gasteiger partial charge on any atom is -0.309 e. The van der Waals surface area contributed by atoms with Gasteiger partial charge in [-0.2, -0.15) is 0 Å². The van der Waals surface area contributed by atoms with E-state index in [1.54, 1.807) is 5.56 Å². The number of rotatable bonds is 2. The summed E-state index contributed by atoms with van der Waals surface area (Å²) in [5, 5.41) is 4.35. The minimum atomic E-state index is 0.627. The summed E-state index contributed by atoms with van der Waals surface area (Å²) in [5.74, 6) is 0. The molecule has 1 fully saturated rings. The largest absolute Gasteiger partial charge is 0.309 e. The summed E-state index contributed by atoms with van der Waals surface area (Å²) in [6, 6.07) is 10.1. The minimum absolute atomic E-state index is 0.627. The van der Waals surface area contributed by atoms with Crippen LogP contribution >= 0.6 is 11.8 Å². The van der Waals surface area contributed by atoms with Crippen LogP contribution in [-0.4, -0.2) is 41.9 Å². The lowest BCUT2D eigenvalue weighted by atomic mass is 10.1. The van der Waals surface area contributed by atoms with E-state index in [2.05, 4.69) is 60.1 Å². The maximum absolute atomic E-state index is 3.60. The summed E-state index contributed by atoms with van der Waals surface area (Å²) in [4.78, 5) is 4.13. The molecule has 0 aliphatic carbocycles. The fraction of sp³-hybridized carbons (Fsp3) is 0.600. The standard InChI is InChI=1S/C15H22N2S/c1-11-8-17(9-12(2)16-11)10-14-7-13-5-3-4-6-15(13)18-14/h3-6,11-12,14,16H,7-10H2,1-2H3. The summed E-state index contributed by atoms with van der Waals surface area (Å²) in [6.45, 7) is 8.20. The zero-order valence-electron chi connectivity index (χ0n) is 11.2. The molecule has 0 spiro atoms. The van der Waals surface area contributed by atoms with Gasteiger partial charge in [0.25, 0.3) is 0 Å². The average Bonchev–Trinajstić information content (AvgIpc) is 2.69. The van der Waals surface area contributed by atoms with Crippen molar-refractivity contribution in [1.29, 1.82) is 0 Å². The smallest absolute Gasteiger partial charge is 0.0263 e. The van der Waals surface area contributed by atoms with Crippen molar-refractivity contribution in [2.75, 3.05) is 19.6 Å². The van der Waals surface area contributed by atoms with Crippen molar-refractivity contribution in [3.63, 3.8) is 0 Å². The number of nitrogens with one attached hydrogen (secondary N) is 1. The van der Waals surface area contributed by atoms with Gasteiger partial charge in [-0.25, -0.2) is 0 Å². The van der Waals surface area contributed by atoms with Gasteiger partial charge in [-0.05, 0) is 31.9 Å². The molecular weight excluding hydrogens is 240 g/mol. The maximum Gasteiger partial charge on any atom is 0.0263 e. The Morgan fingerprint density at radius 2 is 1.94 bits per heavy atom. The third kappa shape index (κ3) is 2.73. The Hall–Kier alpha value is -0.510. The Labute approximate surface area is 114 Å². The van der Waals surface area contributed by atoms with Crippen molar-refractivity contribution in [1.82, 2.24) is 10.2 Å². The molecule has 1 aromatic carbocycles. The molecule has 1 N–H and O–H groups in total. The third-order valence-corrected chi connectivity index (χ3v) is 5.11. The SMILES string of the molecule is CC1CN(CC2Cc3ccccc3S2)CC(C)N1. The predicted octanol–water partition coefficient (Wildman–Crippen LogP) is 2.39. The highest BCUT2D eigenvalue weighted by atomic mass is 32.2. The third-order valence-electron chi connectivity index (χ3n) is 3.81. The molecule has 1 saturated heterocycles. The highest BCUT2D eigenvalue weighted by Gasteiger charge is 2.27. The molecular formula is C15H22N2S. The summed E-state index contributed by atoms with van der Waals surface area (Å²) in [5.41, 5.74) is 1.55. The number of hydrogen-bond donors (Lipinski definition) is 1. The van der Waals surface area contributed by atoms with Gasteiger partial charge in [-0.15, -0.1) is 11.8 Å². The van der Waals surface area contributed by atoms with Crippen molar-refractivity contribution >= 4 is 11.8 Å². The summed E-state index contributed by atoms with van der Waals surface area (Å²) in [6.07, 6.45) is 1.24. The molecule has 2 nitrogen and oxygen atoms in total. The maximum atomic E-state index is 3.60. The second-order valence-electron chi connectivity index (χ2n) is 5.74. The van der Waals surface area contributed by atoms with Crippen LogP contribution in [-0.2, 0) is 6.42 Å². The van der Waals surface area contributed by atoms with Crippen molar-refractivity contribution in [3.05, 3.63) is 29.8 Å². The van der Waals surface area contributed by atoms with Crippen LogP contribution in [0.4, 0.5) is 0 Å². The van der Waals surface area contributed by atoms with E-state index in [9.17, 15) is 0 Å². The highest BCUT2D eigenvalue weighted by Crippen LogP contribution is 2.37. The molecule has 0 amide bonds. The Morgan fingerprint density at radius 1 is 1.22 bits per heavy atom. The number of hydrogen-bond acceptors (Lipinski definition) is 3. The van der Waals surface area contributed by atoms with Crippen molar-refractivity contribution in [2.24, 2.45) is 0 Å². The van der Waals surface area contributed by atoms with Crippen LogP contribution in [0.5, 0.6) is 0 Å². The van der Waals surface area contributed by atoms with E-state index < -0.39 is 0 Å². The second-order valence-corrected chi connectivity index (χ2v) is 7.08. The fourth-order valence-corrected chi connectivity index (χ4v) is 4.60. The van der Waals surface area contributed by atoms with Crippen molar-refractivity contribution < 1.29 is 0 Å². The Morgan fingerprint density at radius 3 is 2.67 bits per heavy atom. The predicted molar refractivity (Wildman–Crippen MR) is 78.3 cm³/mol. The van der Waals surface area contributed by atoms with E-state index in [0.717, 1.165) is 5.25 Å². The Bertz CT molecular complexity index is 386. The lowest BCUT2D eigenvalue weighted by Crippen LogP contribution is -2.55. The number of nitrogens with zero attached hydrogens (tertiary/aromatic N) is 1. The molecule has 0 radical (unpaired) electrons. The van der Waals surface area contributed by atoms with E-state index >= 15 is 0 Å². The van der Waals surface area contributed by atoms with Gasteiger partial charge in [0.1, 0.15) is 0 Å². The van der Waals surface area contributed by atoms with E-state index in [1.165, 1.54) is 31.0 Å². The Kier molecular flexibility index (Phi) is 3.64. The number of thioether (sulfide) groups is 1. The molecule has 2 aliphatic rings. The van der Waals surface area contributed by atoms with Crippen LogP contribution < -0.4 is 5.32 Å². The lowest BCUT2D eigenvalue weighted by Gasteiger charge is -2.37. The second kappa shape index (κ2) is 5.24. The highest BCUT2D eigenvalue weighted by molar-refractivity contribution is 8.00. The number of piperazine rings is 1. The first-order valence-corrected chi connectivity index (χ1v) is 7.81. The van der Waals surface area contributed by atoms with E-state index in [1.807, 2.05) is 0 Å². The molecule has 1 aromatic rings. The monoisotopic (exact) mass is 262 g/mol. The van der Waals surface area contributed by atoms with Crippen LogP contribution in [0.25, 0.3) is 0 Å². The molecule has 98 valence electrons. The zero-order chi connectivity index (χ0) is 12.5. The first-order chi connectivity index (χ1) is 8.70. The molecule has 3 rings (SSSR count). The quantitative estimate of drug-likeness (QED) is 0.881. The van der Waals surface area contributed by atoms with Crippen LogP contribution in [0.1, 0.15) is 19.4 Å². The molecule has 3 atom stereocenters. The van der Waals surface area contributed by atoms with Crippen LogP contribution in [0.15, 0.2) is 29.2 Å². The van der Waals surface area contributed by atoms with Crippen molar-refractivity contribution in [2.45, 2.75) is 42.5 Å². The van der Waals surface area contributed by atoms with Gasteiger partial charge in [-0.3, -0.25) is 4.90 Å². The van der Waals surface area contributed by atoms with Crippen LogP contribution in [0.2, 0.25) is 0 Å². The molecule has 0 aromatic heterocycles. The normalized spacial score (nSPS) is 32.4. The zero-order valence-corrected chi connectivity index (χ0v) is 12.0. The van der Waals surface area contributed by atoms with Crippen LogP contribution in [0, 0.1) is 0 Å². The molecule has 0 saturated carbocycles. The fourth-order valence-electron chi connectivity index (χ4n) is 3.23. The number of fused-ring (bicyclic) bond motifs is 1. The van der Waals surface area contributed by atoms with Gasteiger partial charge in [0.15, 0.2) is 0 Å².